The van der Waals surface area contributed by atoms with E-state index in [2.05, 4.69) is 27.0 Å². The lowest BCUT2D eigenvalue weighted by Crippen LogP contribution is -2.08. The zero-order valence-electron chi connectivity index (χ0n) is 12.2. The lowest BCUT2D eigenvalue weighted by molar-refractivity contribution is -0.141. The lowest BCUT2D eigenvalue weighted by Gasteiger charge is -2.19. The van der Waals surface area contributed by atoms with Gasteiger partial charge in [0.2, 0.25) is 0 Å². The van der Waals surface area contributed by atoms with E-state index in [1.54, 1.807) is 0 Å². The van der Waals surface area contributed by atoms with E-state index in [4.69, 9.17) is 4.74 Å². The van der Waals surface area contributed by atoms with Crippen LogP contribution in [-0.2, 0) is 9.53 Å². The lowest BCUT2D eigenvalue weighted by atomic mass is 9.88. The summed E-state index contributed by atoms with van der Waals surface area (Å²) in [6, 6.07) is 0. The number of rotatable bonds is 10. The normalized spacial score (nSPS) is 13.7. The molecule has 0 bridgehead atoms. The molecule has 0 spiro atoms. The number of hydrogen-bond donors (Lipinski definition) is 0. The molecule has 0 aliphatic rings. The fourth-order valence-corrected chi connectivity index (χ4v) is 1.99. The summed E-state index contributed by atoms with van der Waals surface area (Å²) < 4.78 is 4.96. The van der Waals surface area contributed by atoms with Crippen molar-refractivity contribution in [2.75, 3.05) is 6.61 Å². The summed E-state index contributed by atoms with van der Waals surface area (Å²) in [5, 5.41) is 0. The summed E-state index contributed by atoms with van der Waals surface area (Å²) in [6.07, 6.45) is 7.46. The molecule has 0 saturated heterocycles. The molecule has 2 nitrogen and oxygen atoms in total. The van der Waals surface area contributed by atoms with Gasteiger partial charge in [0, 0.05) is 6.92 Å². The summed E-state index contributed by atoms with van der Waals surface area (Å²) in [6.45, 7) is 14.2. The Morgan fingerprint density at radius 2 is 1.89 bits per heavy atom. The molecule has 0 aromatic heterocycles. The van der Waals surface area contributed by atoms with Gasteiger partial charge in [-0.3, -0.25) is 4.79 Å². The summed E-state index contributed by atoms with van der Waals surface area (Å²) in [5.41, 5.74) is 1.27. The highest BCUT2D eigenvalue weighted by Gasteiger charge is 2.11. The van der Waals surface area contributed by atoms with Crippen LogP contribution in [0.5, 0.6) is 0 Å². The Morgan fingerprint density at radius 3 is 2.39 bits per heavy atom. The molecule has 104 valence electrons. The van der Waals surface area contributed by atoms with Crippen molar-refractivity contribution in [1.29, 1.82) is 0 Å². The number of carbonyl (C=O) groups is 1. The van der Waals surface area contributed by atoms with E-state index in [9.17, 15) is 4.79 Å². The number of hydrogen-bond acceptors (Lipinski definition) is 2. The average molecular weight is 252 g/mol. The summed E-state index contributed by atoms with van der Waals surface area (Å²) in [7, 11) is 0. The van der Waals surface area contributed by atoms with Crippen LogP contribution in [0.2, 0.25) is 0 Å². The zero-order chi connectivity index (χ0) is 14.0. The second kappa shape index (κ2) is 9.93. The molecule has 0 fully saturated rings. The second-order valence-corrected chi connectivity index (χ2v) is 5.22. The molecule has 0 radical (unpaired) electrons. The maximum Gasteiger partial charge on any atom is 0.302 e. The summed E-state index contributed by atoms with van der Waals surface area (Å²) in [5.74, 6) is 1.00. The third-order valence-corrected chi connectivity index (χ3v) is 3.34. The standard InChI is InChI=1S/C16H28O2/c1-6-7-8-16(13(2)3)10-9-14(4)11-12-18-15(5)17/h6,14,16H,1-2,7-12H2,3-5H3. The molecular formula is C16H28O2. The molecule has 2 atom stereocenters. The van der Waals surface area contributed by atoms with Gasteiger partial charge in [0.1, 0.15) is 0 Å². The smallest absolute Gasteiger partial charge is 0.302 e. The van der Waals surface area contributed by atoms with Crippen molar-refractivity contribution in [2.24, 2.45) is 11.8 Å². The van der Waals surface area contributed by atoms with Crippen LogP contribution in [0.25, 0.3) is 0 Å². The Bertz CT molecular complexity index is 268. The van der Waals surface area contributed by atoms with Crippen LogP contribution in [0.3, 0.4) is 0 Å². The number of ether oxygens (including phenoxy) is 1. The van der Waals surface area contributed by atoms with Crippen molar-refractivity contribution in [2.45, 2.75) is 52.9 Å². The first-order valence-electron chi connectivity index (χ1n) is 6.87. The van der Waals surface area contributed by atoms with Crippen molar-refractivity contribution in [3.05, 3.63) is 24.8 Å². The van der Waals surface area contributed by atoms with E-state index in [-0.39, 0.29) is 5.97 Å². The van der Waals surface area contributed by atoms with E-state index in [0.29, 0.717) is 18.4 Å². The van der Waals surface area contributed by atoms with Gasteiger partial charge in [-0.05, 0) is 44.4 Å². The van der Waals surface area contributed by atoms with E-state index < -0.39 is 0 Å². The van der Waals surface area contributed by atoms with Gasteiger partial charge in [-0.2, -0.15) is 0 Å². The molecule has 2 heteroatoms. The minimum Gasteiger partial charge on any atom is -0.466 e. The maximum atomic E-state index is 10.7. The van der Waals surface area contributed by atoms with Crippen molar-refractivity contribution >= 4 is 5.97 Å². The monoisotopic (exact) mass is 252 g/mol. The van der Waals surface area contributed by atoms with Crippen LogP contribution in [-0.4, -0.2) is 12.6 Å². The molecule has 0 aromatic rings. The molecule has 18 heavy (non-hydrogen) atoms. The first kappa shape index (κ1) is 16.9. The maximum absolute atomic E-state index is 10.7. The molecule has 0 rings (SSSR count). The van der Waals surface area contributed by atoms with Crippen LogP contribution in [0.15, 0.2) is 24.8 Å². The molecule has 0 aliphatic heterocycles. The van der Waals surface area contributed by atoms with Gasteiger partial charge in [0.15, 0.2) is 0 Å². The Balaban J connectivity index is 3.84. The predicted molar refractivity (Wildman–Crippen MR) is 77.4 cm³/mol. The molecule has 0 aromatic carbocycles. The number of allylic oxidation sites excluding steroid dienone is 2. The summed E-state index contributed by atoms with van der Waals surface area (Å²) in [4.78, 5) is 10.7. The van der Waals surface area contributed by atoms with Gasteiger partial charge in [-0.15, -0.1) is 6.58 Å². The average Bonchev–Trinajstić information content (AvgIpc) is 2.28. The van der Waals surface area contributed by atoms with Crippen molar-refractivity contribution in [1.82, 2.24) is 0 Å². The van der Waals surface area contributed by atoms with Crippen molar-refractivity contribution < 1.29 is 9.53 Å². The van der Waals surface area contributed by atoms with E-state index in [1.807, 2.05) is 6.08 Å². The quantitative estimate of drug-likeness (QED) is 0.422. The van der Waals surface area contributed by atoms with Gasteiger partial charge in [0.25, 0.3) is 0 Å². The fourth-order valence-electron chi connectivity index (χ4n) is 1.99. The van der Waals surface area contributed by atoms with E-state index in [0.717, 1.165) is 25.7 Å². The molecule has 0 saturated carbocycles. The van der Waals surface area contributed by atoms with E-state index in [1.165, 1.54) is 18.9 Å². The summed E-state index contributed by atoms with van der Waals surface area (Å²) >= 11 is 0. The highest BCUT2D eigenvalue weighted by atomic mass is 16.5. The topological polar surface area (TPSA) is 26.3 Å². The Hall–Kier alpha value is -1.05. The van der Waals surface area contributed by atoms with Gasteiger partial charge in [0.05, 0.1) is 6.61 Å². The van der Waals surface area contributed by atoms with E-state index >= 15 is 0 Å². The molecule has 0 N–H and O–H groups in total. The minimum atomic E-state index is -0.187. The Labute approximate surface area is 112 Å². The highest BCUT2D eigenvalue weighted by Crippen LogP contribution is 2.24. The van der Waals surface area contributed by atoms with Crippen LogP contribution in [0.4, 0.5) is 0 Å². The van der Waals surface area contributed by atoms with Crippen LogP contribution in [0.1, 0.15) is 52.9 Å². The van der Waals surface area contributed by atoms with Crippen LogP contribution >= 0.6 is 0 Å². The molecule has 0 aliphatic carbocycles. The molecule has 0 amide bonds. The Morgan fingerprint density at radius 1 is 1.22 bits per heavy atom. The minimum absolute atomic E-state index is 0.187. The first-order valence-corrected chi connectivity index (χ1v) is 6.87. The largest absolute Gasteiger partial charge is 0.466 e. The Kier molecular flexibility index (Phi) is 9.35. The third kappa shape index (κ3) is 9.03. The second-order valence-electron chi connectivity index (χ2n) is 5.22. The fraction of sp³-hybridized carbons (Fsp3) is 0.688. The van der Waals surface area contributed by atoms with Crippen LogP contribution < -0.4 is 0 Å². The van der Waals surface area contributed by atoms with Gasteiger partial charge in [-0.1, -0.05) is 31.6 Å². The van der Waals surface area contributed by atoms with Gasteiger partial charge >= 0.3 is 5.97 Å². The van der Waals surface area contributed by atoms with Gasteiger partial charge < -0.3 is 4.74 Å². The molecule has 2 unspecified atom stereocenters. The van der Waals surface area contributed by atoms with Gasteiger partial charge in [-0.25, -0.2) is 0 Å². The zero-order valence-corrected chi connectivity index (χ0v) is 12.2. The molecular weight excluding hydrogens is 224 g/mol. The molecule has 0 heterocycles. The first-order chi connectivity index (χ1) is 8.47. The van der Waals surface area contributed by atoms with Crippen LogP contribution in [0, 0.1) is 11.8 Å². The third-order valence-electron chi connectivity index (χ3n) is 3.34. The number of carbonyl (C=O) groups excluding carboxylic acids is 1. The highest BCUT2D eigenvalue weighted by molar-refractivity contribution is 5.65. The van der Waals surface area contributed by atoms with Crippen molar-refractivity contribution in [3.8, 4) is 0 Å². The number of esters is 1. The van der Waals surface area contributed by atoms with Crippen molar-refractivity contribution in [3.63, 3.8) is 0 Å². The predicted octanol–water partition coefficient (Wildman–Crippen LogP) is 4.51. The SMILES string of the molecule is C=CCCC(CCC(C)CCOC(C)=O)C(=C)C.